The number of aryl methyl sites for hydroxylation is 4. The summed E-state index contributed by atoms with van der Waals surface area (Å²) in [6.45, 7) is 17.3. The van der Waals surface area contributed by atoms with Crippen LogP contribution in [0.1, 0.15) is 101 Å². The number of aliphatic imine (C=N–C) groups is 1. The minimum Gasteiger partial charge on any atom is -0.399 e. The number of unbranched alkanes of at least 4 members (excludes halogenated alkanes) is 6. The van der Waals surface area contributed by atoms with Gasteiger partial charge in [-0.1, -0.05) is 50.5 Å². The maximum absolute atomic E-state index is 12.9. The summed E-state index contributed by atoms with van der Waals surface area (Å²) in [6.07, 6.45) is 15.1. The number of carbonyl (C=O) groups is 2. The first-order chi connectivity index (χ1) is 35.3. The number of aromatic nitrogens is 4. The van der Waals surface area contributed by atoms with Gasteiger partial charge in [0.05, 0.1) is 33.9 Å². The van der Waals surface area contributed by atoms with E-state index in [4.69, 9.17) is 21.4 Å². The smallest absolute Gasteiger partial charge is 0.252 e. The second-order valence-corrected chi connectivity index (χ2v) is 19.1. The van der Waals surface area contributed by atoms with E-state index >= 15 is 0 Å². The lowest BCUT2D eigenvalue weighted by Crippen LogP contribution is -2.33. The number of anilines is 3. The molecule has 0 saturated heterocycles. The summed E-state index contributed by atoms with van der Waals surface area (Å²) in [4.78, 5) is 44.7. The lowest BCUT2D eigenvalue weighted by molar-refractivity contribution is -0.538. The van der Waals surface area contributed by atoms with Crippen molar-refractivity contribution < 1.29 is 14.2 Å². The summed E-state index contributed by atoms with van der Waals surface area (Å²) in [7, 11) is 0. The summed E-state index contributed by atoms with van der Waals surface area (Å²) in [5.41, 5.74) is 31.2. The van der Waals surface area contributed by atoms with Crippen LogP contribution in [-0.2, 0) is 0 Å². The highest BCUT2D eigenvalue weighted by atomic mass is 16.2. The molecule has 3 aromatic heterocycles. The molecule has 1 aliphatic carbocycles. The van der Waals surface area contributed by atoms with E-state index < -0.39 is 0 Å². The Kier molecular flexibility index (Phi) is 16.7. The predicted molar refractivity (Wildman–Crippen MR) is 299 cm³/mol. The van der Waals surface area contributed by atoms with Gasteiger partial charge >= 0.3 is 0 Å². The summed E-state index contributed by atoms with van der Waals surface area (Å²) >= 11 is 0. The molecule has 13 nitrogen and oxygen atoms in total. The van der Waals surface area contributed by atoms with Crippen molar-refractivity contribution in [1.82, 2.24) is 30.9 Å². The molecule has 1 aliphatic rings. The van der Waals surface area contributed by atoms with Crippen LogP contribution in [0, 0.1) is 27.7 Å². The SMILES string of the molecule is C=C1C=C(NCCCCCCNC(=O)c2ccc(-c3ccc(C(=O)NCCCCCCNc4cc5c(cc4C)nc4cc(C)c(N)cc4[n+]5-c4ccccc4)cn3)nc2)C(C)=C/C1=N/c1cc(C)c(N)cc1C. The number of fused-ring (bicyclic) bond motifs is 2. The number of nitrogen functional groups attached to an aromatic ring is 2. The number of hydrogen-bond acceptors (Lipinski definition) is 10. The molecule has 0 saturated carbocycles. The zero-order chi connectivity index (χ0) is 51.4. The number of carbonyl (C=O) groups excluding carboxylic acids is 2. The molecular weight excluding hydrogens is 907 g/mol. The molecule has 3 heterocycles. The highest BCUT2D eigenvalue weighted by Crippen LogP contribution is 2.29. The predicted octanol–water partition coefficient (Wildman–Crippen LogP) is 11.0. The number of nitrogens with two attached hydrogens (primary N) is 2. The zero-order valence-corrected chi connectivity index (χ0v) is 42.9. The number of nitrogens with one attached hydrogen (secondary N) is 4. The van der Waals surface area contributed by atoms with E-state index in [1.807, 2.05) is 57.2 Å². The summed E-state index contributed by atoms with van der Waals surface area (Å²) in [6, 6.07) is 29.8. The van der Waals surface area contributed by atoms with E-state index in [0.717, 1.165) is 160 Å². The van der Waals surface area contributed by atoms with E-state index in [2.05, 4.69) is 98.7 Å². The van der Waals surface area contributed by atoms with Crippen LogP contribution in [0.5, 0.6) is 0 Å². The number of para-hydroxylation sites is 1. The van der Waals surface area contributed by atoms with Gasteiger partial charge in [-0.15, -0.1) is 4.57 Å². The third kappa shape index (κ3) is 12.8. The van der Waals surface area contributed by atoms with Crippen molar-refractivity contribution in [3.63, 3.8) is 0 Å². The first-order valence-corrected chi connectivity index (χ1v) is 25.5. The Morgan fingerprint density at radius 3 is 1.74 bits per heavy atom. The van der Waals surface area contributed by atoms with Crippen molar-refractivity contribution in [2.75, 3.05) is 43.0 Å². The highest BCUT2D eigenvalue weighted by molar-refractivity contribution is 6.13. The minimum atomic E-state index is -0.158. The average molecular weight is 975 g/mol. The van der Waals surface area contributed by atoms with E-state index in [-0.39, 0.29) is 11.8 Å². The molecule has 0 unspecified atom stereocenters. The molecule has 4 aromatic carbocycles. The molecule has 0 atom stereocenters. The minimum absolute atomic E-state index is 0.157. The third-order valence-electron chi connectivity index (χ3n) is 13.4. The highest BCUT2D eigenvalue weighted by Gasteiger charge is 2.22. The van der Waals surface area contributed by atoms with Crippen LogP contribution in [0.25, 0.3) is 39.1 Å². The van der Waals surface area contributed by atoms with Gasteiger partial charge in [0.25, 0.3) is 11.8 Å². The third-order valence-corrected chi connectivity index (χ3v) is 13.4. The number of rotatable bonds is 21. The molecule has 7 aromatic rings. The van der Waals surface area contributed by atoms with Crippen LogP contribution in [-0.4, -0.2) is 58.7 Å². The van der Waals surface area contributed by atoms with Gasteiger partial charge < -0.3 is 32.7 Å². The van der Waals surface area contributed by atoms with E-state index in [1.165, 1.54) is 0 Å². The number of benzene rings is 4. The molecule has 0 fully saturated rings. The first kappa shape index (κ1) is 51.2. The van der Waals surface area contributed by atoms with E-state index in [1.54, 1.807) is 36.7 Å². The van der Waals surface area contributed by atoms with Crippen LogP contribution < -0.4 is 37.3 Å². The van der Waals surface area contributed by atoms with E-state index in [0.29, 0.717) is 35.6 Å². The molecule has 8 N–H and O–H groups in total. The van der Waals surface area contributed by atoms with Crippen LogP contribution in [0.4, 0.5) is 22.7 Å². The molecule has 0 aliphatic heterocycles. The monoisotopic (exact) mass is 975 g/mol. The largest absolute Gasteiger partial charge is 0.399 e. The fraction of sp³-hybridized carbons (Fsp3) is 0.283. The second-order valence-electron chi connectivity index (χ2n) is 19.1. The topological polar surface area (TPSA) is 189 Å². The molecule has 73 heavy (non-hydrogen) atoms. The van der Waals surface area contributed by atoms with Gasteiger partial charge in [-0.2, -0.15) is 0 Å². The number of nitrogens with zero attached hydrogens (tertiary/aromatic N) is 5. The lowest BCUT2D eigenvalue weighted by Gasteiger charge is -2.18. The fourth-order valence-electron chi connectivity index (χ4n) is 8.95. The fourth-order valence-corrected chi connectivity index (χ4v) is 8.95. The Balaban J connectivity index is 0.699. The first-order valence-electron chi connectivity index (χ1n) is 25.5. The maximum Gasteiger partial charge on any atom is 0.252 e. The Hall–Kier alpha value is -8.19. The van der Waals surface area contributed by atoms with Gasteiger partial charge in [-0.05, 0) is 154 Å². The second kappa shape index (κ2) is 23.8. The molecule has 0 bridgehead atoms. The summed E-state index contributed by atoms with van der Waals surface area (Å²) in [5, 5.41) is 13.3. The molecule has 0 radical (unpaired) electrons. The van der Waals surface area contributed by atoms with Crippen molar-refractivity contribution in [1.29, 1.82) is 0 Å². The van der Waals surface area contributed by atoms with Crippen LogP contribution in [0.15, 0.2) is 144 Å². The maximum atomic E-state index is 12.9. The molecule has 374 valence electrons. The molecule has 0 spiro atoms. The Labute approximate surface area is 429 Å². The van der Waals surface area contributed by atoms with Crippen LogP contribution >= 0.6 is 0 Å². The Morgan fingerprint density at radius 1 is 0.589 bits per heavy atom. The van der Waals surface area contributed by atoms with Crippen molar-refractivity contribution in [3.8, 4) is 17.1 Å². The molecule has 13 heteroatoms. The van der Waals surface area contributed by atoms with Gasteiger partial charge in [0.1, 0.15) is 11.0 Å². The number of pyridine rings is 2. The molecule has 2 amide bonds. The van der Waals surface area contributed by atoms with Gasteiger partial charge in [0, 0.05) is 85.6 Å². The molecule has 8 rings (SSSR count). The number of hydrogen-bond donors (Lipinski definition) is 6. The molecular formula is C60H68N11O2+. The standard InChI is InChI=1S/C60H67N11O2/c1-38-29-53(40(3)28-47(38)61)69-54-32-41(4)51(31-43(54)6)63-24-14-7-9-16-26-65-59(72)44-20-22-49(67-36-44)50-23-21-45(37-68-50)60(73)66-27-17-10-8-15-25-64-52-35-58-56(33-42(52)5)70-55-30-39(2)48(62)34-57(55)71(58)46-18-12-11-13-19-46/h11-13,18-23,28-37,63H,6-10,14-17,24-27,61H2,1-5H3,(H4,62,64,65,66,72,73)/p+1/b69-54-. The zero-order valence-electron chi connectivity index (χ0n) is 42.9. The van der Waals surface area contributed by atoms with Gasteiger partial charge in [0.15, 0.2) is 0 Å². The van der Waals surface area contributed by atoms with Gasteiger partial charge in [-0.25, -0.2) is 9.98 Å². The number of amides is 2. The quantitative estimate of drug-likeness (QED) is 0.0176. The van der Waals surface area contributed by atoms with Crippen molar-refractivity contribution in [2.45, 2.75) is 86.0 Å². The van der Waals surface area contributed by atoms with Gasteiger partial charge in [-0.3, -0.25) is 19.6 Å². The normalized spacial score (nSPS) is 13.0. The number of allylic oxidation sites excluding steroid dienone is 4. The van der Waals surface area contributed by atoms with Crippen molar-refractivity contribution >= 4 is 62.3 Å². The summed E-state index contributed by atoms with van der Waals surface area (Å²) in [5.74, 6) is -0.314. The average Bonchev–Trinajstić information content (AvgIpc) is 3.38. The summed E-state index contributed by atoms with van der Waals surface area (Å²) < 4.78 is 2.24. The van der Waals surface area contributed by atoms with E-state index in [9.17, 15) is 9.59 Å². The van der Waals surface area contributed by atoms with Crippen LogP contribution in [0.2, 0.25) is 0 Å². The van der Waals surface area contributed by atoms with Crippen molar-refractivity contribution in [3.05, 3.63) is 172 Å². The van der Waals surface area contributed by atoms with Crippen LogP contribution in [0.3, 0.4) is 0 Å². The Bertz CT molecular complexity index is 3250. The van der Waals surface area contributed by atoms with Gasteiger partial charge in [0.2, 0.25) is 16.7 Å². The Morgan fingerprint density at radius 2 is 1.14 bits per heavy atom. The van der Waals surface area contributed by atoms with Crippen molar-refractivity contribution in [2.24, 2.45) is 4.99 Å². The lowest BCUT2D eigenvalue weighted by atomic mass is 9.98.